The maximum atomic E-state index is 13.0. The second kappa shape index (κ2) is 8.10. The first kappa shape index (κ1) is 17.5. The summed E-state index contributed by atoms with van der Waals surface area (Å²) >= 11 is 0. The van der Waals surface area contributed by atoms with Crippen LogP contribution < -0.4 is 15.4 Å². The van der Waals surface area contributed by atoms with Crippen LogP contribution in [0.15, 0.2) is 48.5 Å². The normalized spacial score (nSPS) is 10.3. The van der Waals surface area contributed by atoms with E-state index in [9.17, 15) is 14.0 Å². The molecule has 6 heteroatoms. The third-order valence-corrected chi connectivity index (χ3v) is 2.94. The van der Waals surface area contributed by atoms with E-state index in [1.165, 1.54) is 18.2 Å². The SMILES string of the molecule is CC(C)Oc1ccc(NC(=O)CC(=O)Nc2cccc(F)c2)cc1. The van der Waals surface area contributed by atoms with Crippen LogP contribution in [0.1, 0.15) is 20.3 Å². The van der Waals surface area contributed by atoms with E-state index in [0.717, 1.165) is 0 Å². The molecule has 24 heavy (non-hydrogen) atoms. The molecule has 126 valence electrons. The van der Waals surface area contributed by atoms with E-state index < -0.39 is 17.6 Å². The highest BCUT2D eigenvalue weighted by molar-refractivity contribution is 6.08. The van der Waals surface area contributed by atoms with Crippen LogP contribution in [0, 0.1) is 5.82 Å². The van der Waals surface area contributed by atoms with Gasteiger partial charge in [-0.3, -0.25) is 9.59 Å². The van der Waals surface area contributed by atoms with E-state index in [1.54, 1.807) is 30.3 Å². The molecule has 0 atom stereocenters. The van der Waals surface area contributed by atoms with Gasteiger partial charge in [-0.25, -0.2) is 4.39 Å². The zero-order valence-corrected chi connectivity index (χ0v) is 13.5. The Kier molecular flexibility index (Phi) is 5.89. The van der Waals surface area contributed by atoms with E-state index in [0.29, 0.717) is 17.1 Å². The number of carbonyl (C=O) groups is 2. The van der Waals surface area contributed by atoms with Gasteiger partial charge in [0, 0.05) is 11.4 Å². The van der Waals surface area contributed by atoms with Crippen LogP contribution in [0.2, 0.25) is 0 Å². The van der Waals surface area contributed by atoms with Gasteiger partial charge in [0.05, 0.1) is 6.10 Å². The molecule has 2 amide bonds. The van der Waals surface area contributed by atoms with Gasteiger partial charge in [-0.1, -0.05) is 6.07 Å². The smallest absolute Gasteiger partial charge is 0.233 e. The highest BCUT2D eigenvalue weighted by atomic mass is 19.1. The number of anilines is 2. The molecule has 2 N–H and O–H groups in total. The maximum Gasteiger partial charge on any atom is 0.233 e. The Balaban J connectivity index is 1.85. The summed E-state index contributed by atoms with van der Waals surface area (Å²) in [5.41, 5.74) is 0.873. The molecule has 5 nitrogen and oxygen atoms in total. The minimum atomic E-state index is -0.516. The molecule has 0 aliphatic carbocycles. The first-order valence-electron chi connectivity index (χ1n) is 7.54. The van der Waals surface area contributed by atoms with E-state index in [1.807, 2.05) is 13.8 Å². The zero-order chi connectivity index (χ0) is 17.5. The van der Waals surface area contributed by atoms with Gasteiger partial charge < -0.3 is 15.4 Å². The Morgan fingerprint density at radius 1 is 1.00 bits per heavy atom. The van der Waals surface area contributed by atoms with E-state index in [-0.39, 0.29) is 12.5 Å². The van der Waals surface area contributed by atoms with Crippen molar-refractivity contribution in [2.45, 2.75) is 26.4 Å². The van der Waals surface area contributed by atoms with Gasteiger partial charge in [-0.2, -0.15) is 0 Å². The molecule has 0 radical (unpaired) electrons. The number of ether oxygens (including phenoxy) is 1. The first-order chi connectivity index (χ1) is 11.4. The standard InChI is InChI=1S/C18H19FN2O3/c1-12(2)24-16-8-6-14(7-9-16)20-17(22)11-18(23)21-15-5-3-4-13(19)10-15/h3-10,12H,11H2,1-2H3,(H,20,22)(H,21,23). The molecule has 0 bridgehead atoms. The second-order valence-electron chi connectivity index (χ2n) is 5.47. The number of rotatable bonds is 6. The minimum Gasteiger partial charge on any atom is -0.491 e. The average molecular weight is 330 g/mol. The van der Waals surface area contributed by atoms with Crippen molar-refractivity contribution in [1.82, 2.24) is 0 Å². The van der Waals surface area contributed by atoms with Crippen molar-refractivity contribution in [3.05, 3.63) is 54.3 Å². The van der Waals surface area contributed by atoms with E-state index in [4.69, 9.17) is 4.74 Å². The van der Waals surface area contributed by atoms with Crippen molar-refractivity contribution in [2.75, 3.05) is 10.6 Å². The monoisotopic (exact) mass is 330 g/mol. The van der Waals surface area contributed by atoms with Gasteiger partial charge in [-0.15, -0.1) is 0 Å². The number of nitrogens with one attached hydrogen (secondary N) is 2. The highest BCUT2D eigenvalue weighted by Gasteiger charge is 2.10. The predicted molar refractivity (Wildman–Crippen MR) is 90.5 cm³/mol. The molecule has 2 aromatic rings. The predicted octanol–water partition coefficient (Wildman–Crippen LogP) is 3.58. The third-order valence-electron chi connectivity index (χ3n) is 2.94. The Morgan fingerprint density at radius 2 is 1.62 bits per heavy atom. The molecule has 0 aromatic heterocycles. The fourth-order valence-corrected chi connectivity index (χ4v) is 2.01. The number of carbonyl (C=O) groups excluding carboxylic acids is 2. The molecule has 0 spiro atoms. The van der Waals surface area contributed by atoms with Crippen molar-refractivity contribution in [2.24, 2.45) is 0 Å². The van der Waals surface area contributed by atoms with Gasteiger partial charge in [0.1, 0.15) is 18.0 Å². The van der Waals surface area contributed by atoms with Gasteiger partial charge in [0.2, 0.25) is 11.8 Å². The van der Waals surface area contributed by atoms with Crippen molar-refractivity contribution < 1.29 is 18.7 Å². The summed E-state index contributed by atoms with van der Waals surface area (Å²) in [5, 5.41) is 5.09. The summed E-state index contributed by atoms with van der Waals surface area (Å²) < 4.78 is 18.5. The number of hydrogen-bond acceptors (Lipinski definition) is 3. The lowest BCUT2D eigenvalue weighted by molar-refractivity contribution is -0.123. The largest absolute Gasteiger partial charge is 0.491 e. The molecule has 2 aromatic carbocycles. The fraction of sp³-hybridized carbons (Fsp3) is 0.222. The quantitative estimate of drug-likeness (QED) is 0.796. The lowest BCUT2D eigenvalue weighted by atomic mass is 10.2. The van der Waals surface area contributed by atoms with Crippen LogP contribution in [0.4, 0.5) is 15.8 Å². The van der Waals surface area contributed by atoms with Crippen LogP contribution in [0.5, 0.6) is 5.75 Å². The van der Waals surface area contributed by atoms with Crippen LogP contribution in [-0.2, 0) is 9.59 Å². The van der Waals surface area contributed by atoms with Gasteiger partial charge >= 0.3 is 0 Å². The fourth-order valence-electron chi connectivity index (χ4n) is 2.01. The Hall–Kier alpha value is -2.89. The number of benzene rings is 2. The van der Waals surface area contributed by atoms with Crippen molar-refractivity contribution in [3.8, 4) is 5.75 Å². The van der Waals surface area contributed by atoms with Crippen LogP contribution in [0.3, 0.4) is 0 Å². The average Bonchev–Trinajstić information content (AvgIpc) is 2.48. The molecule has 0 fully saturated rings. The summed E-state index contributed by atoms with van der Waals surface area (Å²) in [6, 6.07) is 12.3. The zero-order valence-electron chi connectivity index (χ0n) is 13.5. The summed E-state index contributed by atoms with van der Waals surface area (Å²) in [7, 11) is 0. The van der Waals surface area contributed by atoms with Gasteiger partial charge in [-0.05, 0) is 56.3 Å². The molecule has 2 rings (SSSR count). The van der Waals surface area contributed by atoms with Gasteiger partial charge in [0.15, 0.2) is 0 Å². The van der Waals surface area contributed by atoms with Crippen LogP contribution in [-0.4, -0.2) is 17.9 Å². The summed E-state index contributed by atoms with van der Waals surface area (Å²) in [6.07, 6.45) is -0.294. The van der Waals surface area contributed by atoms with Crippen LogP contribution >= 0.6 is 0 Å². The number of amides is 2. The lowest BCUT2D eigenvalue weighted by Gasteiger charge is -2.10. The van der Waals surface area contributed by atoms with Crippen molar-refractivity contribution in [3.63, 3.8) is 0 Å². The van der Waals surface area contributed by atoms with Crippen molar-refractivity contribution >= 4 is 23.2 Å². The molecule has 0 saturated carbocycles. The second-order valence-corrected chi connectivity index (χ2v) is 5.47. The topological polar surface area (TPSA) is 67.4 Å². The number of halogens is 1. The Morgan fingerprint density at radius 3 is 2.21 bits per heavy atom. The Labute approximate surface area is 139 Å². The molecule has 0 saturated heterocycles. The maximum absolute atomic E-state index is 13.0. The summed E-state index contributed by atoms with van der Waals surface area (Å²) in [4.78, 5) is 23.7. The minimum absolute atomic E-state index is 0.0666. The van der Waals surface area contributed by atoms with Gasteiger partial charge in [0.25, 0.3) is 0 Å². The molecule has 0 aliphatic rings. The van der Waals surface area contributed by atoms with Crippen LogP contribution in [0.25, 0.3) is 0 Å². The highest BCUT2D eigenvalue weighted by Crippen LogP contribution is 2.17. The first-order valence-corrected chi connectivity index (χ1v) is 7.54. The molecule has 0 heterocycles. The molecule has 0 unspecified atom stereocenters. The van der Waals surface area contributed by atoms with E-state index in [2.05, 4.69) is 10.6 Å². The summed E-state index contributed by atoms with van der Waals surface area (Å²) in [6.45, 7) is 3.85. The molecular formula is C18H19FN2O3. The van der Waals surface area contributed by atoms with E-state index >= 15 is 0 Å². The third kappa shape index (κ3) is 5.72. The van der Waals surface area contributed by atoms with Crippen molar-refractivity contribution in [1.29, 1.82) is 0 Å². The Bertz CT molecular complexity index is 714. The molecule has 0 aliphatic heterocycles. The lowest BCUT2D eigenvalue weighted by Crippen LogP contribution is -2.21. The number of hydrogen-bond donors (Lipinski definition) is 2. The molecular weight excluding hydrogens is 311 g/mol. The summed E-state index contributed by atoms with van der Waals surface area (Å²) in [5.74, 6) is -0.730.